The quantitative estimate of drug-likeness (QED) is 0.360. The minimum Gasteiger partial charge on any atom is -1.00 e. The van der Waals surface area contributed by atoms with Crippen molar-refractivity contribution in [1.82, 2.24) is 0 Å². The Balaban J connectivity index is -0.00000242. The molecule has 17 heteroatoms. The van der Waals surface area contributed by atoms with Crippen molar-refractivity contribution >= 4 is 23.1 Å². The molecule has 0 bridgehead atoms. The predicted molar refractivity (Wildman–Crippen MR) is 45.5 cm³/mol. The molecule has 0 fully saturated rings. The van der Waals surface area contributed by atoms with E-state index >= 15 is 0 Å². The zero-order valence-electron chi connectivity index (χ0n) is 10.8. The topological polar surface area (TPSA) is 0 Å². The second-order valence-electron chi connectivity index (χ2n) is 3.78. The van der Waals surface area contributed by atoms with Gasteiger partial charge in [-0.05, 0) is 0 Å². The van der Waals surface area contributed by atoms with Crippen LogP contribution >= 0.6 is 0 Å². The molecule has 0 aliphatic rings. The van der Waals surface area contributed by atoms with Crippen molar-refractivity contribution in [2.24, 2.45) is 0 Å². The third kappa shape index (κ3) is 3.90. The third-order valence-electron chi connectivity index (χ3n) is 2.29. The molecule has 0 atom stereocenters. The Hall–Kier alpha value is -0.614. The molecule has 146 valence electrons. The van der Waals surface area contributed by atoms with Crippen molar-refractivity contribution < 1.29 is 70.6 Å². The number of rotatable bonds is 5. The second-order valence-corrected chi connectivity index (χ2v) is 3.78. The summed E-state index contributed by atoms with van der Waals surface area (Å²) in [5.41, 5.74) is 0. The van der Waals surface area contributed by atoms with E-state index in [4.69, 9.17) is 0 Å². The summed E-state index contributed by atoms with van der Waals surface area (Å²) in [6.45, 7) is 0. The predicted octanol–water partition coefficient (Wildman–Crippen LogP) is 1.93. The van der Waals surface area contributed by atoms with Crippen LogP contribution in [-0.2, 0) is 0 Å². The van der Waals surface area contributed by atoms with Crippen molar-refractivity contribution in [3.63, 3.8) is 0 Å². The first-order chi connectivity index (χ1) is 9.73. The zero-order valence-corrected chi connectivity index (χ0v) is 12.2. The zero-order chi connectivity index (χ0) is 19.3. The molecule has 0 aliphatic carbocycles. The molecule has 0 radical (unpaired) electrons. The van der Waals surface area contributed by atoms with E-state index in [1.54, 1.807) is 0 Å². The normalized spacial score (nSPS) is 15.4. The van der Waals surface area contributed by atoms with Gasteiger partial charge in [0, 0.05) is 5.83 Å². The van der Waals surface area contributed by atoms with Gasteiger partial charge < -0.3 is 9.09 Å². The summed E-state index contributed by atoms with van der Waals surface area (Å²) in [4.78, 5) is 0. The Morgan fingerprint density at radius 1 is 0.560 bits per heavy atom. The van der Waals surface area contributed by atoms with Crippen LogP contribution in [-0.4, -0.2) is 58.8 Å². The molecule has 25 heavy (non-hydrogen) atoms. The molecule has 0 saturated heterocycles. The Kier molecular flexibility index (Phi) is 8.81. The van der Waals surface area contributed by atoms with E-state index in [-0.39, 0.29) is 27.8 Å². The van der Waals surface area contributed by atoms with Crippen LogP contribution in [0.15, 0.2) is 5.83 Å². The molecule has 0 rings (SSSR count). The molecule has 0 spiro atoms. The van der Waals surface area contributed by atoms with Crippen LogP contribution in [0.2, 0.25) is 0 Å². The Morgan fingerprint density at radius 2 is 0.840 bits per heavy atom. The minimum atomic E-state index is -8.16. The van der Waals surface area contributed by atoms with Gasteiger partial charge in [0.15, 0.2) is 0 Å². The third-order valence-corrected chi connectivity index (χ3v) is 2.29. The molecule has 0 heterocycles. The number of hydrogen-bond donors (Lipinski definition) is 0. The fourth-order valence-electron chi connectivity index (χ4n) is 0.967. The monoisotopic (exact) mass is 424 g/mol. The average Bonchev–Trinajstić information content (AvgIpc) is 2.35. The van der Waals surface area contributed by atoms with Crippen LogP contribution in [0.5, 0.6) is 0 Å². The first-order valence-electron chi connectivity index (χ1n) is 4.58. The van der Waals surface area contributed by atoms with Crippen molar-refractivity contribution in [1.29, 1.82) is 0 Å². The molecule has 0 amide bonds. The van der Waals surface area contributed by atoms with Gasteiger partial charge in [0.25, 0.3) is 0 Å². The molecule has 0 aromatic carbocycles. The summed E-state index contributed by atoms with van der Waals surface area (Å²) in [7, 11) is 0. The van der Waals surface area contributed by atoms with E-state index in [0.29, 0.717) is 0 Å². The van der Waals surface area contributed by atoms with Crippen LogP contribution in [0.3, 0.4) is 0 Å². The fraction of sp³-hybridized carbons (Fsp3) is 0.750. The SMILES string of the molecule is F[C-]=C(F)C(F)(F)C(F)(F)C(F)(F)C(F)(F)C(F)(F)C(F)(F)F.[F-].[Mg+2]. The molecule has 0 nitrogen and oxygen atoms in total. The molecule has 0 aliphatic heterocycles. The van der Waals surface area contributed by atoms with Gasteiger partial charge in [-0.1, -0.05) is 0 Å². The van der Waals surface area contributed by atoms with E-state index in [9.17, 15) is 65.9 Å². The van der Waals surface area contributed by atoms with Gasteiger partial charge in [-0.3, -0.25) is 6.33 Å². The summed E-state index contributed by atoms with van der Waals surface area (Å²) in [6, 6.07) is 0. The number of hydrogen-bond acceptors (Lipinski definition) is 0. The van der Waals surface area contributed by atoms with Gasteiger partial charge in [-0.2, -0.15) is 57.1 Å². The van der Waals surface area contributed by atoms with Gasteiger partial charge in [0.05, 0.1) is 0 Å². The number of allylic oxidation sites excluding steroid dienone is 1. The van der Waals surface area contributed by atoms with Crippen LogP contribution in [0.1, 0.15) is 0 Å². The van der Waals surface area contributed by atoms with Crippen LogP contribution in [0.4, 0.5) is 65.9 Å². The van der Waals surface area contributed by atoms with Crippen molar-refractivity contribution in [3.8, 4) is 0 Å². The molecule has 0 aromatic heterocycles. The maximum Gasteiger partial charge on any atom is 2.00 e. The Morgan fingerprint density at radius 3 is 1.08 bits per heavy atom. The summed E-state index contributed by atoms with van der Waals surface area (Å²) >= 11 is 0. The minimum absolute atomic E-state index is 0. The molecule has 0 saturated carbocycles. The maximum absolute atomic E-state index is 12.7. The van der Waals surface area contributed by atoms with Gasteiger partial charge in [0.1, 0.15) is 0 Å². The first kappa shape index (κ1) is 29.2. The van der Waals surface area contributed by atoms with Gasteiger partial charge >= 0.3 is 58.8 Å². The molecule has 0 N–H and O–H groups in total. The van der Waals surface area contributed by atoms with Crippen molar-refractivity contribution in [2.45, 2.75) is 35.8 Å². The standard InChI is InChI=1S/C8F15.FH.Mg/c9-1-2(10)3(11,12)4(13,14)5(15,16)6(17,18)7(19,20)8(21,22)23;;/h;1H;/q-1;;+2/p-1. The number of halogens is 16. The van der Waals surface area contributed by atoms with Crippen LogP contribution in [0.25, 0.3) is 0 Å². The van der Waals surface area contributed by atoms with E-state index in [1.165, 1.54) is 0 Å². The van der Waals surface area contributed by atoms with E-state index in [0.717, 1.165) is 0 Å². The van der Waals surface area contributed by atoms with Gasteiger partial charge in [-0.25, -0.2) is 4.39 Å². The second kappa shape index (κ2) is 7.55. The summed E-state index contributed by atoms with van der Waals surface area (Å²) in [5, 5.41) is 0. The average molecular weight is 424 g/mol. The van der Waals surface area contributed by atoms with E-state index in [1.807, 2.05) is 0 Å². The first-order valence-corrected chi connectivity index (χ1v) is 4.58. The molecular formula is C8F16Mg. The van der Waals surface area contributed by atoms with Gasteiger partial charge in [0.2, 0.25) is 0 Å². The van der Waals surface area contributed by atoms with Crippen LogP contribution < -0.4 is 4.70 Å². The van der Waals surface area contributed by atoms with E-state index < -0.39 is 47.9 Å². The Labute approximate surface area is 142 Å². The molecular weight excluding hydrogens is 424 g/mol. The summed E-state index contributed by atoms with van der Waals surface area (Å²) in [6.07, 6.45) is -8.53. The Bertz CT molecular complexity index is 473. The van der Waals surface area contributed by atoms with E-state index in [2.05, 4.69) is 0 Å². The molecule has 0 aromatic rings. The molecule has 0 unspecified atom stereocenters. The number of alkyl halides is 13. The summed E-state index contributed by atoms with van der Waals surface area (Å²) in [5.74, 6) is -43.5. The van der Waals surface area contributed by atoms with Gasteiger partial charge in [-0.15, -0.1) is 0 Å². The summed E-state index contributed by atoms with van der Waals surface area (Å²) < 4.78 is 184. The van der Waals surface area contributed by atoms with Crippen molar-refractivity contribution in [2.75, 3.05) is 0 Å². The van der Waals surface area contributed by atoms with Crippen LogP contribution in [0, 0.1) is 6.33 Å². The smallest absolute Gasteiger partial charge is 1.00 e. The maximum atomic E-state index is 12.7. The largest absolute Gasteiger partial charge is 2.00 e. The van der Waals surface area contributed by atoms with Crippen molar-refractivity contribution in [3.05, 3.63) is 12.2 Å². The fourth-order valence-corrected chi connectivity index (χ4v) is 0.967.